The molecule has 1 amide bonds. The predicted molar refractivity (Wildman–Crippen MR) is 64.6 cm³/mol. The normalized spacial score (nSPS) is 10.4. The highest BCUT2D eigenvalue weighted by molar-refractivity contribution is 6.31. The van der Waals surface area contributed by atoms with Crippen LogP contribution in [0.5, 0.6) is 0 Å². The van der Waals surface area contributed by atoms with E-state index in [1.54, 1.807) is 0 Å². The molecule has 1 aromatic carbocycles. The molecule has 0 saturated heterocycles. The number of likely N-dealkylation sites (N-methyl/N-ethyl adjacent to an activating group) is 1. The molecule has 1 N–H and O–H groups in total. The number of hydrogen-bond donors (Lipinski definition) is 1. The van der Waals surface area contributed by atoms with Crippen LogP contribution in [-0.4, -0.2) is 28.9 Å². The minimum atomic E-state index is -1.42. The van der Waals surface area contributed by atoms with E-state index in [-0.39, 0.29) is 0 Å². The highest BCUT2D eigenvalue weighted by Gasteiger charge is 2.16. The van der Waals surface area contributed by atoms with Crippen LogP contribution in [0.2, 0.25) is 0 Å². The third-order valence-corrected chi connectivity index (χ3v) is 2.60. The van der Waals surface area contributed by atoms with Gasteiger partial charge in [-0.05, 0) is 17.0 Å². The van der Waals surface area contributed by atoms with Gasteiger partial charge >= 0.3 is 11.9 Å². The Morgan fingerprint density at radius 1 is 1.24 bits per heavy atom. The van der Waals surface area contributed by atoms with Gasteiger partial charge in [0.15, 0.2) is 0 Å². The molecule has 0 radical (unpaired) electrons. The zero-order valence-electron chi connectivity index (χ0n) is 10.3. The van der Waals surface area contributed by atoms with Gasteiger partial charge in [-0.1, -0.05) is 38.1 Å². The second-order valence-electron chi connectivity index (χ2n) is 4.36. The molecule has 0 unspecified atom stereocenters. The van der Waals surface area contributed by atoms with Crippen molar-refractivity contribution in [2.45, 2.75) is 26.3 Å². The fourth-order valence-electron chi connectivity index (χ4n) is 1.52. The summed E-state index contributed by atoms with van der Waals surface area (Å²) >= 11 is 0. The van der Waals surface area contributed by atoms with Gasteiger partial charge in [-0.3, -0.25) is 4.79 Å². The molecule has 0 bridgehead atoms. The molecule has 0 aliphatic rings. The Kier molecular flexibility index (Phi) is 4.26. The molecule has 17 heavy (non-hydrogen) atoms. The van der Waals surface area contributed by atoms with Gasteiger partial charge in [0, 0.05) is 13.6 Å². The highest BCUT2D eigenvalue weighted by Crippen LogP contribution is 2.15. The lowest BCUT2D eigenvalue weighted by molar-refractivity contribution is -0.155. The molecule has 1 aromatic rings. The molecule has 0 aromatic heterocycles. The standard InChI is InChI=1S/C13H17NO3/c1-9(2)11-6-4-10(5-7-11)8-14(3)12(15)13(16)17/h4-7,9H,8H2,1-3H3,(H,16,17). The van der Waals surface area contributed by atoms with E-state index in [0.29, 0.717) is 12.5 Å². The van der Waals surface area contributed by atoms with E-state index < -0.39 is 11.9 Å². The number of amides is 1. The van der Waals surface area contributed by atoms with Crippen molar-refractivity contribution in [1.82, 2.24) is 4.90 Å². The van der Waals surface area contributed by atoms with E-state index in [1.165, 1.54) is 17.5 Å². The van der Waals surface area contributed by atoms with Crippen LogP contribution in [0.4, 0.5) is 0 Å². The summed E-state index contributed by atoms with van der Waals surface area (Å²) < 4.78 is 0. The first-order chi connectivity index (χ1) is 7.91. The Balaban J connectivity index is 2.69. The molecule has 0 atom stereocenters. The molecule has 4 heteroatoms. The summed E-state index contributed by atoms with van der Waals surface area (Å²) in [6.07, 6.45) is 0. The van der Waals surface area contributed by atoms with Crippen LogP contribution < -0.4 is 0 Å². The minimum absolute atomic E-state index is 0.309. The first-order valence-corrected chi connectivity index (χ1v) is 5.49. The maximum atomic E-state index is 11.1. The summed E-state index contributed by atoms with van der Waals surface area (Å²) in [6.45, 7) is 4.52. The Labute approximate surface area is 101 Å². The zero-order valence-corrected chi connectivity index (χ0v) is 10.3. The van der Waals surface area contributed by atoms with Crippen molar-refractivity contribution in [3.8, 4) is 0 Å². The number of carbonyl (C=O) groups is 2. The van der Waals surface area contributed by atoms with Gasteiger partial charge in [0.25, 0.3) is 0 Å². The first kappa shape index (κ1) is 13.2. The van der Waals surface area contributed by atoms with Gasteiger partial charge in [-0.25, -0.2) is 4.79 Å². The van der Waals surface area contributed by atoms with Crippen molar-refractivity contribution < 1.29 is 14.7 Å². The molecule has 0 heterocycles. The van der Waals surface area contributed by atoms with E-state index in [1.807, 2.05) is 24.3 Å². The Morgan fingerprint density at radius 2 is 1.76 bits per heavy atom. The number of carboxylic acids is 1. The van der Waals surface area contributed by atoms with Crippen molar-refractivity contribution >= 4 is 11.9 Å². The van der Waals surface area contributed by atoms with Crippen LogP contribution >= 0.6 is 0 Å². The van der Waals surface area contributed by atoms with Gasteiger partial charge in [-0.15, -0.1) is 0 Å². The van der Waals surface area contributed by atoms with Crippen molar-refractivity contribution in [3.05, 3.63) is 35.4 Å². The first-order valence-electron chi connectivity index (χ1n) is 5.49. The fraction of sp³-hybridized carbons (Fsp3) is 0.385. The van der Waals surface area contributed by atoms with Gasteiger partial charge in [0.05, 0.1) is 0 Å². The third kappa shape index (κ3) is 3.59. The average molecular weight is 235 g/mol. The van der Waals surface area contributed by atoms with Crippen LogP contribution in [-0.2, 0) is 16.1 Å². The molecule has 1 rings (SSSR count). The molecule has 0 spiro atoms. The number of nitrogens with zero attached hydrogens (tertiary/aromatic N) is 1. The van der Waals surface area contributed by atoms with Crippen LogP contribution in [0.1, 0.15) is 30.9 Å². The van der Waals surface area contributed by atoms with Gasteiger partial charge in [-0.2, -0.15) is 0 Å². The number of hydrogen-bond acceptors (Lipinski definition) is 2. The second-order valence-corrected chi connectivity index (χ2v) is 4.36. The van der Waals surface area contributed by atoms with E-state index in [9.17, 15) is 9.59 Å². The Hall–Kier alpha value is -1.84. The maximum absolute atomic E-state index is 11.1. The van der Waals surface area contributed by atoms with Crippen LogP contribution in [0.3, 0.4) is 0 Å². The molecular formula is C13H17NO3. The fourth-order valence-corrected chi connectivity index (χ4v) is 1.52. The van der Waals surface area contributed by atoms with Crippen LogP contribution in [0, 0.1) is 0 Å². The predicted octanol–water partition coefficient (Wildman–Crippen LogP) is 1.85. The lowest BCUT2D eigenvalue weighted by atomic mass is 10.0. The number of carbonyl (C=O) groups excluding carboxylic acids is 1. The number of aliphatic carboxylic acids is 1. The van der Waals surface area contributed by atoms with Crippen LogP contribution in [0.25, 0.3) is 0 Å². The summed E-state index contributed by atoms with van der Waals surface area (Å²) in [5, 5.41) is 8.56. The number of benzene rings is 1. The lowest BCUT2D eigenvalue weighted by Gasteiger charge is -2.15. The Morgan fingerprint density at radius 3 is 2.18 bits per heavy atom. The molecular weight excluding hydrogens is 218 g/mol. The van der Waals surface area contributed by atoms with E-state index in [0.717, 1.165) is 5.56 Å². The Bertz CT molecular complexity index is 409. The largest absolute Gasteiger partial charge is 0.474 e. The number of rotatable bonds is 3. The third-order valence-electron chi connectivity index (χ3n) is 2.60. The molecule has 4 nitrogen and oxygen atoms in total. The SMILES string of the molecule is CC(C)c1ccc(CN(C)C(=O)C(=O)O)cc1. The summed E-state index contributed by atoms with van der Waals surface area (Å²) in [6, 6.07) is 7.83. The van der Waals surface area contributed by atoms with Crippen molar-refractivity contribution in [2.24, 2.45) is 0 Å². The summed E-state index contributed by atoms with van der Waals surface area (Å²) in [5.74, 6) is -1.85. The summed E-state index contributed by atoms with van der Waals surface area (Å²) in [4.78, 5) is 22.8. The van der Waals surface area contributed by atoms with E-state index in [4.69, 9.17) is 5.11 Å². The molecule has 0 aliphatic heterocycles. The van der Waals surface area contributed by atoms with E-state index >= 15 is 0 Å². The van der Waals surface area contributed by atoms with Crippen molar-refractivity contribution in [1.29, 1.82) is 0 Å². The highest BCUT2D eigenvalue weighted by atomic mass is 16.4. The zero-order chi connectivity index (χ0) is 13.0. The monoisotopic (exact) mass is 235 g/mol. The maximum Gasteiger partial charge on any atom is 0.394 e. The molecule has 0 aliphatic carbocycles. The molecule has 92 valence electrons. The average Bonchev–Trinajstić information content (AvgIpc) is 2.28. The van der Waals surface area contributed by atoms with Crippen LogP contribution in [0.15, 0.2) is 24.3 Å². The molecule has 0 fully saturated rings. The smallest absolute Gasteiger partial charge is 0.394 e. The topological polar surface area (TPSA) is 57.6 Å². The number of carboxylic acid groups (broad SMARTS) is 1. The second kappa shape index (κ2) is 5.48. The van der Waals surface area contributed by atoms with E-state index in [2.05, 4.69) is 13.8 Å². The molecule has 0 saturated carbocycles. The summed E-state index contributed by atoms with van der Waals surface area (Å²) in [5.41, 5.74) is 2.15. The lowest BCUT2D eigenvalue weighted by Crippen LogP contribution is -2.32. The van der Waals surface area contributed by atoms with Crippen molar-refractivity contribution in [2.75, 3.05) is 7.05 Å². The van der Waals surface area contributed by atoms with Crippen molar-refractivity contribution in [3.63, 3.8) is 0 Å². The van der Waals surface area contributed by atoms with Gasteiger partial charge in [0.1, 0.15) is 0 Å². The minimum Gasteiger partial charge on any atom is -0.474 e. The summed E-state index contributed by atoms with van der Waals surface area (Å²) in [7, 11) is 1.48. The van der Waals surface area contributed by atoms with Gasteiger partial charge in [0.2, 0.25) is 0 Å². The van der Waals surface area contributed by atoms with Gasteiger partial charge < -0.3 is 10.0 Å². The quantitative estimate of drug-likeness (QED) is 0.813.